The maximum Gasteiger partial charge on any atom is 0.122 e. The Morgan fingerprint density at radius 3 is 2.86 bits per heavy atom. The van der Waals surface area contributed by atoms with Gasteiger partial charge in [0, 0.05) is 12.4 Å². The van der Waals surface area contributed by atoms with Crippen LogP contribution < -0.4 is 5.32 Å². The van der Waals surface area contributed by atoms with Gasteiger partial charge >= 0.3 is 0 Å². The van der Waals surface area contributed by atoms with E-state index in [0.29, 0.717) is 6.54 Å². The zero-order chi connectivity index (χ0) is 10.6. The Bertz CT molecular complexity index is 336. The molecule has 0 aliphatic rings. The van der Waals surface area contributed by atoms with E-state index in [-0.39, 0.29) is 0 Å². The molecule has 0 spiro atoms. The monoisotopic (exact) mass is 192 g/mol. The van der Waals surface area contributed by atoms with E-state index >= 15 is 0 Å². The van der Waals surface area contributed by atoms with Gasteiger partial charge in [-0.1, -0.05) is 6.92 Å². The zero-order valence-electron chi connectivity index (χ0n) is 8.91. The molecule has 76 valence electrons. The van der Waals surface area contributed by atoms with E-state index < -0.39 is 5.54 Å². The lowest BCUT2D eigenvalue weighted by Crippen LogP contribution is -2.44. The summed E-state index contributed by atoms with van der Waals surface area (Å²) in [5, 5.41) is 12.2. The molecule has 1 aromatic rings. The standard InChI is InChI=1S/C10H16N4/c1-4-13-10(3,7-11)8-14-6-5-12-9(14)2/h5-6,13H,4,8H2,1-3H3. The number of aromatic nitrogens is 2. The van der Waals surface area contributed by atoms with Gasteiger partial charge in [-0.25, -0.2) is 4.98 Å². The number of nitriles is 1. The first kappa shape index (κ1) is 10.7. The van der Waals surface area contributed by atoms with Crippen LogP contribution in [0, 0.1) is 18.3 Å². The molecule has 1 N–H and O–H groups in total. The van der Waals surface area contributed by atoms with Crippen molar-refractivity contribution in [1.29, 1.82) is 5.26 Å². The van der Waals surface area contributed by atoms with Gasteiger partial charge in [-0.15, -0.1) is 0 Å². The minimum absolute atomic E-state index is 0.514. The van der Waals surface area contributed by atoms with Gasteiger partial charge in [0.2, 0.25) is 0 Å². The molecule has 0 saturated heterocycles. The largest absolute Gasteiger partial charge is 0.332 e. The maximum atomic E-state index is 9.06. The fourth-order valence-electron chi connectivity index (χ4n) is 1.43. The fraction of sp³-hybridized carbons (Fsp3) is 0.600. The third kappa shape index (κ3) is 2.33. The van der Waals surface area contributed by atoms with Gasteiger partial charge in [-0.2, -0.15) is 5.26 Å². The summed E-state index contributed by atoms with van der Waals surface area (Å²) < 4.78 is 1.98. The van der Waals surface area contributed by atoms with Crippen LogP contribution in [0.3, 0.4) is 0 Å². The van der Waals surface area contributed by atoms with Crippen LogP contribution in [0.25, 0.3) is 0 Å². The third-order valence-corrected chi connectivity index (χ3v) is 2.22. The lowest BCUT2D eigenvalue weighted by Gasteiger charge is -2.23. The second-order valence-corrected chi connectivity index (χ2v) is 3.58. The number of nitrogens with one attached hydrogen (secondary N) is 1. The second kappa shape index (κ2) is 4.25. The Balaban J connectivity index is 2.76. The first-order chi connectivity index (χ1) is 6.61. The molecule has 0 radical (unpaired) electrons. The predicted molar refractivity (Wildman–Crippen MR) is 54.7 cm³/mol. The number of imidazole rings is 1. The van der Waals surface area contributed by atoms with Crippen molar-refractivity contribution in [3.63, 3.8) is 0 Å². The smallest absolute Gasteiger partial charge is 0.122 e. The Hall–Kier alpha value is -1.34. The summed E-state index contributed by atoms with van der Waals surface area (Å²) in [7, 11) is 0. The number of hydrogen-bond acceptors (Lipinski definition) is 3. The molecule has 0 aliphatic heterocycles. The molecule has 0 saturated carbocycles. The Kier molecular flexibility index (Phi) is 3.26. The molecule has 0 amide bonds. The molecule has 4 nitrogen and oxygen atoms in total. The molecule has 0 bridgehead atoms. The minimum atomic E-state index is -0.514. The molecule has 4 heteroatoms. The van der Waals surface area contributed by atoms with Crippen molar-refractivity contribution in [2.75, 3.05) is 6.54 Å². The van der Waals surface area contributed by atoms with E-state index in [1.54, 1.807) is 6.20 Å². The quantitative estimate of drug-likeness (QED) is 0.776. The molecule has 1 aromatic heterocycles. The summed E-state index contributed by atoms with van der Waals surface area (Å²) in [5.74, 6) is 0.935. The summed E-state index contributed by atoms with van der Waals surface area (Å²) in [6.45, 7) is 7.25. The predicted octanol–water partition coefficient (Wildman–Crippen LogP) is 1.08. The summed E-state index contributed by atoms with van der Waals surface area (Å²) in [4.78, 5) is 4.12. The minimum Gasteiger partial charge on any atom is -0.332 e. The lowest BCUT2D eigenvalue weighted by molar-refractivity contribution is 0.393. The number of aryl methyl sites for hydroxylation is 1. The SMILES string of the molecule is CCNC(C)(C#N)Cn1ccnc1C. The summed E-state index contributed by atoms with van der Waals surface area (Å²) in [5.41, 5.74) is -0.514. The van der Waals surface area contributed by atoms with Crippen LogP contribution in [0.4, 0.5) is 0 Å². The lowest BCUT2D eigenvalue weighted by atomic mass is 10.1. The third-order valence-electron chi connectivity index (χ3n) is 2.22. The van der Waals surface area contributed by atoms with Gasteiger partial charge in [0.25, 0.3) is 0 Å². The van der Waals surface area contributed by atoms with Gasteiger partial charge in [0.1, 0.15) is 11.4 Å². The molecule has 1 heterocycles. The molecule has 1 unspecified atom stereocenters. The molecule has 1 rings (SSSR count). The van der Waals surface area contributed by atoms with E-state index in [2.05, 4.69) is 16.4 Å². The van der Waals surface area contributed by atoms with Crippen LogP contribution in [-0.4, -0.2) is 21.6 Å². The van der Waals surface area contributed by atoms with Crippen LogP contribution in [0.5, 0.6) is 0 Å². The average molecular weight is 192 g/mol. The number of nitrogens with zero attached hydrogens (tertiary/aromatic N) is 3. The molecule has 1 atom stereocenters. The summed E-state index contributed by atoms with van der Waals surface area (Å²) in [6, 6.07) is 2.29. The first-order valence-corrected chi connectivity index (χ1v) is 4.75. The molecule has 14 heavy (non-hydrogen) atoms. The van der Waals surface area contributed by atoms with E-state index in [0.717, 1.165) is 12.4 Å². The van der Waals surface area contributed by atoms with Gasteiger partial charge in [0.05, 0.1) is 12.6 Å². The highest BCUT2D eigenvalue weighted by Crippen LogP contribution is 2.07. The first-order valence-electron chi connectivity index (χ1n) is 4.75. The molecule has 0 fully saturated rings. The van der Waals surface area contributed by atoms with Gasteiger partial charge < -0.3 is 4.57 Å². The average Bonchev–Trinajstić information content (AvgIpc) is 2.52. The highest BCUT2D eigenvalue weighted by molar-refractivity contribution is 5.05. The normalized spacial score (nSPS) is 14.7. The van der Waals surface area contributed by atoms with Crippen LogP contribution in [0.2, 0.25) is 0 Å². The Morgan fingerprint density at radius 2 is 2.43 bits per heavy atom. The van der Waals surface area contributed by atoms with Crippen LogP contribution in [0.1, 0.15) is 19.7 Å². The highest BCUT2D eigenvalue weighted by Gasteiger charge is 2.23. The summed E-state index contributed by atoms with van der Waals surface area (Å²) in [6.07, 6.45) is 3.64. The number of hydrogen-bond donors (Lipinski definition) is 1. The molecular weight excluding hydrogens is 176 g/mol. The van der Waals surface area contributed by atoms with Crippen molar-refractivity contribution in [1.82, 2.24) is 14.9 Å². The van der Waals surface area contributed by atoms with Crippen molar-refractivity contribution in [2.45, 2.75) is 32.9 Å². The van der Waals surface area contributed by atoms with Crippen molar-refractivity contribution in [3.05, 3.63) is 18.2 Å². The van der Waals surface area contributed by atoms with Crippen LogP contribution in [0.15, 0.2) is 12.4 Å². The van der Waals surface area contributed by atoms with Gasteiger partial charge in [-0.05, 0) is 20.4 Å². The molecule has 0 aliphatic carbocycles. The second-order valence-electron chi connectivity index (χ2n) is 3.58. The number of likely N-dealkylation sites (N-methyl/N-ethyl adjacent to an activating group) is 1. The van der Waals surface area contributed by atoms with Crippen LogP contribution in [-0.2, 0) is 6.54 Å². The Labute approximate surface area is 84.6 Å². The topological polar surface area (TPSA) is 53.6 Å². The highest BCUT2D eigenvalue weighted by atomic mass is 15.1. The molecule has 0 aromatic carbocycles. The zero-order valence-corrected chi connectivity index (χ0v) is 8.91. The van der Waals surface area contributed by atoms with E-state index in [1.807, 2.05) is 31.5 Å². The van der Waals surface area contributed by atoms with Gasteiger partial charge in [-0.3, -0.25) is 5.32 Å². The van der Waals surface area contributed by atoms with Crippen LogP contribution >= 0.6 is 0 Å². The fourth-order valence-corrected chi connectivity index (χ4v) is 1.43. The van der Waals surface area contributed by atoms with Crippen molar-refractivity contribution >= 4 is 0 Å². The van der Waals surface area contributed by atoms with Gasteiger partial charge in [0.15, 0.2) is 0 Å². The van der Waals surface area contributed by atoms with E-state index in [9.17, 15) is 0 Å². The van der Waals surface area contributed by atoms with Crippen molar-refractivity contribution in [3.8, 4) is 6.07 Å². The maximum absolute atomic E-state index is 9.06. The van der Waals surface area contributed by atoms with Crippen molar-refractivity contribution < 1.29 is 0 Å². The molecular formula is C10H16N4. The van der Waals surface area contributed by atoms with Crippen molar-refractivity contribution in [2.24, 2.45) is 0 Å². The summed E-state index contributed by atoms with van der Waals surface area (Å²) >= 11 is 0. The van der Waals surface area contributed by atoms with E-state index in [1.165, 1.54) is 0 Å². The Morgan fingerprint density at radius 1 is 1.71 bits per heavy atom. The number of rotatable bonds is 4. The van der Waals surface area contributed by atoms with E-state index in [4.69, 9.17) is 5.26 Å².